The number of carbonyl (C=O) groups is 3. The first-order valence-electron chi connectivity index (χ1n) is 9.24. The van der Waals surface area contributed by atoms with Crippen molar-refractivity contribution in [1.29, 1.82) is 0 Å². The molecule has 1 saturated carbocycles. The smallest absolute Gasteiger partial charge is 0.259 e. The van der Waals surface area contributed by atoms with Gasteiger partial charge in [0.05, 0.1) is 0 Å². The molecule has 0 spiro atoms. The highest BCUT2D eigenvalue weighted by Crippen LogP contribution is 2.33. The van der Waals surface area contributed by atoms with Crippen LogP contribution in [0.2, 0.25) is 0 Å². The number of benzene rings is 2. The van der Waals surface area contributed by atoms with Crippen LogP contribution in [0.15, 0.2) is 55.1 Å². The number of nitrogens with zero attached hydrogens (tertiary/aromatic N) is 2. The molecule has 0 radical (unpaired) electrons. The fourth-order valence-corrected chi connectivity index (χ4v) is 3.51. The summed E-state index contributed by atoms with van der Waals surface area (Å²) in [7, 11) is 0. The molecule has 0 unspecified atom stereocenters. The number of fused-ring (bicyclic) bond motifs is 1. The van der Waals surface area contributed by atoms with Gasteiger partial charge in [0.25, 0.3) is 5.91 Å². The Morgan fingerprint density at radius 1 is 1.07 bits per heavy atom. The molecule has 2 aromatic carbocycles. The van der Waals surface area contributed by atoms with Crippen molar-refractivity contribution >= 4 is 23.4 Å². The molecule has 142 valence electrons. The minimum Gasteiger partial charge on any atom is -0.366 e. The molecule has 2 aliphatic rings. The zero-order chi connectivity index (χ0) is 19.8. The van der Waals surface area contributed by atoms with Crippen molar-refractivity contribution in [3.8, 4) is 0 Å². The van der Waals surface area contributed by atoms with Gasteiger partial charge in [-0.1, -0.05) is 36.9 Å². The van der Waals surface area contributed by atoms with Crippen molar-refractivity contribution in [3.63, 3.8) is 0 Å². The van der Waals surface area contributed by atoms with E-state index in [0.717, 1.165) is 24.0 Å². The molecule has 1 heterocycles. The summed E-state index contributed by atoms with van der Waals surface area (Å²) >= 11 is 0. The summed E-state index contributed by atoms with van der Waals surface area (Å²) in [6, 6.07) is 14.4. The number of amides is 3. The second-order valence-electron chi connectivity index (χ2n) is 7.20. The van der Waals surface area contributed by atoms with E-state index in [1.807, 2.05) is 23.1 Å². The zero-order valence-corrected chi connectivity index (χ0v) is 15.4. The van der Waals surface area contributed by atoms with E-state index in [1.54, 1.807) is 30.3 Å². The highest BCUT2D eigenvalue weighted by atomic mass is 16.2. The summed E-state index contributed by atoms with van der Waals surface area (Å²) < 4.78 is 0. The molecule has 0 bridgehead atoms. The number of hydrogen-bond acceptors (Lipinski definition) is 3. The molecule has 0 saturated heterocycles. The lowest BCUT2D eigenvalue weighted by atomic mass is 10.1. The largest absolute Gasteiger partial charge is 0.366 e. The van der Waals surface area contributed by atoms with E-state index in [9.17, 15) is 14.4 Å². The summed E-state index contributed by atoms with van der Waals surface area (Å²) in [5.74, 6) is -0.772. The van der Waals surface area contributed by atoms with Gasteiger partial charge in [0, 0.05) is 35.0 Å². The van der Waals surface area contributed by atoms with Crippen molar-refractivity contribution in [1.82, 2.24) is 9.80 Å². The second-order valence-corrected chi connectivity index (χ2v) is 7.20. The SMILES string of the molecule is C=C1c2ccccc2C(=O)N1CC(=O)N(Cc1ccc(C(N)=O)cc1)C1CC1. The van der Waals surface area contributed by atoms with Crippen LogP contribution in [0.1, 0.15) is 44.7 Å². The van der Waals surface area contributed by atoms with Crippen molar-refractivity contribution in [2.24, 2.45) is 5.73 Å². The van der Waals surface area contributed by atoms with Crippen LogP contribution in [-0.4, -0.2) is 40.1 Å². The van der Waals surface area contributed by atoms with E-state index in [0.29, 0.717) is 23.4 Å². The maximum atomic E-state index is 13.0. The normalized spacial score (nSPS) is 15.5. The van der Waals surface area contributed by atoms with Crippen LogP contribution in [0.3, 0.4) is 0 Å². The first kappa shape index (κ1) is 18.0. The molecule has 6 nitrogen and oxygen atoms in total. The fraction of sp³-hybridized carbons (Fsp3) is 0.227. The molecule has 0 atom stereocenters. The van der Waals surface area contributed by atoms with Crippen LogP contribution >= 0.6 is 0 Å². The highest BCUT2D eigenvalue weighted by Gasteiger charge is 2.37. The molecule has 1 aliphatic carbocycles. The molecule has 6 heteroatoms. The Hall–Kier alpha value is -3.41. The Labute approximate surface area is 163 Å². The Morgan fingerprint density at radius 3 is 2.29 bits per heavy atom. The van der Waals surface area contributed by atoms with Gasteiger partial charge in [-0.15, -0.1) is 0 Å². The van der Waals surface area contributed by atoms with Gasteiger partial charge in [-0.25, -0.2) is 0 Å². The van der Waals surface area contributed by atoms with Crippen LogP contribution in [0.25, 0.3) is 5.70 Å². The van der Waals surface area contributed by atoms with E-state index in [-0.39, 0.29) is 24.4 Å². The number of carbonyl (C=O) groups excluding carboxylic acids is 3. The Kier molecular flexibility index (Phi) is 4.47. The Bertz CT molecular complexity index is 942. The molecular formula is C22H21N3O3. The minimum absolute atomic E-state index is 0.0256. The summed E-state index contributed by atoms with van der Waals surface area (Å²) in [4.78, 5) is 40.2. The minimum atomic E-state index is -0.479. The van der Waals surface area contributed by atoms with Gasteiger partial charge in [0.15, 0.2) is 0 Å². The van der Waals surface area contributed by atoms with Crippen molar-refractivity contribution in [2.45, 2.75) is 25.4 Å². The van der Waals surface area contributed by atoms with Gasteiger partial charge < -0.3 is 10.6 Å². The van der Waals surface area contributed by atoms with Crippen LogP contribution < -0.4 is 5.73 Å². The predicted molar refractivity (Wildman–Crippen MR) is 105 cm³/mol. The lowest BCUT2D eigenvalue weighted by molar-refractivity contribution is -0.132. The lowest BCUT2D eigenvalue weighted by Gasteiger charge is -2.26. The molecule has 28 heavy (non-hydrogen) atoms. The van der Waals surface area contributed by atoms with Crippen LogP contribution in [0.4, 0.5) is 0 Å². The molecule has 3 amide bonds. The number of primary amides is 1. The second kappa shape index (κ2) is 6.96. The first-order valence-corrected chi connectivity index (χ1v) is 9.24. The summed E-state index contributed by atoms with van der Waals surface area (Å²) in [5.41, 5.74) is 8.55. The van der Waals surface area contributed by atoms with E-state index in [1.165, 1.54) is 4.90 Å². The van der Waals surface area contributed by atoms with Gasteiger partial charge >= 0.3 is 0 Å². The topological polar surface area (TPSA) is 83.7 Å². The Balaban J connectivity index is 1.48. The number of rotatable bonds is 6. The molecule has 1 aliphatic heterocycles. The first-order chi connectivity index (χ1) is 13.5. The third-order valence-electron chi connectivity index (χ3n) is 5.23. The quantitative estimate of drug-likeness (QED) is 0.841. The number of hydrogen-bond donors (Lipinski definition) is 1. The van der Waals surface area contributed by atoms with Crippen molar-refractivity contribution in [3.05, 3.63) is 77.4 Å². The summed E-state index contributed by atoms with van der Waals surface area (Å²) in [6.07, 6.45) is 1.92. The van der Waals surface area contributed by atoms with Crippen LogP contribution in [-0.2, 0) is 11.3 Å². The monoisotopic (exact) mass is 375 g/mol. The van der Waals surface area contributed by atoms with Gasteiger partial charge in [-0.05, 0) is 36.6 Å². The standard InChI is InChI=1S/C22H21N3O3/c1-14-18-4-2-3-5-19(18)22(28)24(14)13-20(26)25(17-10-11-17)12-15-6-8-16(9-7-15)21(23)27/h2-9,17H,1,10-13H2,(H2,23,27). The molecule has 0 aromatic heterocycles. The highest BCUT2D eigenvalue weighted by molar-refractivity contribution is 6.10. The third kappa shape index (κ3) is 3.29. The van der Waals surface area contributed by atoms with Gasteiger partial charge in [-0.3, -0.25) is 19.3 Å². The third-order valence-corrected chi connectivity index (χ3v) is 5.23. The van der Waals surface area contributed by atoms with Gasteiger partial charge in [-0.2, -0.15) is 0 Å². The fourth-order valence-electron chi connectivity index (χ4n) is 3.51. The van der Waals surface area contributed by atoms with E-state index < -0.39 is 5.91 Å². The van der Waals surface area contributed by atoms with Crippen LogP contribution in [0, 0.1) is 0 Å². The summed E-state index contributed by atoms with van der Waals surface area (Å²) in [5, 5.41) is 0. The molecule has 4 rings (SSSR count). The average Bonchev–Trinajstić information content (AvgIpc) is 3.51. The predicted octanol–water partition coefficient (Wildman–Crippen LogP) is 2.40. The molecule has 2 aromatic rings. The molecule has 2 N–H and O–H groups in total. The van der Waals surface area contributed by atoms with Gasteiger partial charge in [0.1, 0.15) is 6.54 Å². The van der Waals surface area contributed by atoms with E-state index in [2.05, 4.69) is 6.58 Å². The maximum Gasteiger partial charge on any atom is 0.259 e. The zero-order valence-electron chi connectivity index (χ0n) is 15.4. The molecular weight excluding hydrogens is 354 g/mol. The van der Waals surface area contributed by atoms with Gasteiger partial charge in [0.2, 0.25) is 11.8 Å². The number of nitrogens with two attached hydrogens (primary N) is 1. The molecule has 1 fully saturated rings. The van der Waals surface area contributed by atoms with Crippen molar-refractivity contribution in [2.75, 3.05) is 6.54 Å². The maximum absolute atomic E-state index is 13.0. The Morgan fingerprint density at radius 2 is 1.71 bits per heavy atom. The lowest BCUT2D eigenvalue weighted by Crippen LogP contribution is -2.41. The van der Waals surface area contributed by atoms with E-state index >= 15 is 0 Å². The average molecular weight is 375 g/mol. The van der Waals surface area contributed by atoms with Crippen molar-refractivity contribution < 1.29 is 14.4 Å². The van der Waals surface area contributed by atoms with Crippen LogP contribution in [0.5, 0.6) is 0 Å². The summed E-state index contributed by atoms with van der Waals surface area (Å²) in [6.45, 7) is 4.41. The van der Waals surface area contributed by atoms with E-state index in [4.69, 9.17) is 5.73 Å².